The summed E-state index contributed by atoms with van der Waals surface area (Å²) >= 11 is 0. The van der Waals surface area contributed by atoms with E-state index in [2.05, 4.69) is 32.9 Å². The molecule has 1 heterocycles. The van der Waals surface area contributed by atoms with Crippen molar-refractivity contribution in [1.82, 2.24) is 20.6 Å². The van der Waals surface area contributed by atoms with E-state index < -0.39 is 0 Å². The van der Waals surface area contributed by atoms with Gasteiger partial charge >= 0.3 is 0 Å². The van der Waals surface area contributed by atoms with E-state index in [-0.39, 0.29) is 0 Å². The number of hydrogen-bond donors (Lipinski definition) is 2. The van der Waals surface area contributed by atoms with Gasteiger partial charge in [-0.1, -0.05) is 18.1 Å². The third kappa shape index (κ3) is 2.03. The SMILES string of the molecule is CC=C(CC)Nc1nnn[nH]1. The van der Waals surface area contributed by atoms with Gasteiger partial charge in [0, 0.05) is 5.70 Å². The molecule has 0 fully saturated rings. The van der Waals surface area contributed by atoms with Crippen LogP contribution in [0.1, 0.15) is 20.3 Å². The van der Waals surface area contributed by atoms with E-state index in [1.165, 1.54) is 0 Å². The Balaban J connectivity index is 2.55. The molecule has 5 nitrogen and oxygen atoms in total. The van der Waals surface area contributed by atoms with Crippen LogP contribution >= 0.6 is 0 Å². The summed E-state index contributed by atoms with van der Waals surface area (Å²) in [4.78, 5) is 0. The maximum atomic E-state index is 3.68. The third-order valence-corrected chi connectivity index (χ3v) is 1.35. The highest BCUT2D eigenvalue weighted by Gasteiger charge is 1.96. The minimum Gasteiger partial charge on any atom is -0.327 e. The molecule has 0 aliphatic rings. The Bertz CT molecular complexity index is 225. The molecule has 0 spiro atoms. The molecular weight excluding hydrogens is 142 g/mol. The molecule has 0 unspecified atom stereocenters. The minimum absolute atomic E-state index is 0.583. The average Bonchev–Trinajstić information content (AvgIpc) is 2.52. The van der Waals surface area contributed by atoms with Crippen LogP contribution in [0.5, 0.6) is 0 Å². The zero-order valence-corrected chi connectivity index (χ0v) is 6.63. The first-order valence-electron chi connectivity index (χ1n) is 3.52. The monoisotopic (exact) mass is 153 g/mol. The minimum atomic E-state index is 0.583. The van der Waals surface area contributed by atoms with Gasteiger partial charge in [0.15, 0.2) is 0 Å². The normalized spacial score (nSPS) is 11.6. The van der Waals surface area contributed by atoms with E-state index in [1.54, 1.807) is 0 Å². The number of aromatic amines is 1. The summed E-state index contributed by atoms with van der Waals surface area (Å²) in [5, 5.41) is 16.2. The summed E-state index contributed by atoms with van der Waals surface area (Å²) in [6.45, 7) is 4.03. The molecule has 1 aromatic rings. The quantitative estimate of drug-likeness (QED) is 0.677. The van der Waals surface area contributed by atoms with Gasteiger partial charge in [-0.3, -0.25) is 0 Å². The second kappa shape index (κ2) is 3.70. The van der Waals surface area contributed by atoms with E-state index in [4.69, 9.17) is 0 Å². The largest absolute Gasteiger partial charge is 0.327 e. The predicted octanol–water partition coefficient (Wildman–Crippen LogP) is 0.925. The third-order valence-electron chi connectivity index (χ3n) is 1.35. The molecule has 5 heteroatoms. The lowest BCUT2D eigenvalue weighted by Crippen LogP contribution is -1.99. The van der Waals surface area contributed by atoms with Gasteiger partial charge in [-0.05, 0) is 23.8 Å². The molecule has 60 valence electrons. The second-order valence-electron chi connectivity index (χ2n) is 2.04. The van der Waals surface area contributed by atoms with Gasteiger partial charge in [-0.2, -0.15) is 0 Å². The Hall–Kier alpha value is -1.39. The summed E-state index contributed by atoms with van der Waals surface area (Å²) in [7, 11) is 0. The van der Waals surface area contributed by atoms with Crippen LogP contribution < -0.4 is 5.32 Å². The molecule has 0 aliphatic heterocycles. The smallest absolute Gasteiger partial charge is 0.244 e. The van der Waals surface area contributed by atoms with Crippen molar-refractivity contribution >= 4 is 5.95 Å². The van der Waals surface area contributed by atoms with E-state index in [0.717, 1.165) is 12.1 Å². The zero-order valence-electron chi connectivity index (χ0n) is 6.63. The summed E-state index contributed by atoms with van der Waals surface area (Å²) in [5.41, 5.74) is 1.10. The summed E-state index contributed by atoms with van der Waals surface area (Å²) in [6.07, 6.45) is 2.93. The number of allylic oxidation sites excluding steroid dienone is 2. The van der Waals surface area contributed by atoms with E-state index in [1.807, 2.05) is 13.0 Å². The molecule has 0 radical (unpaired) electrons. The standard InChI is InChI=1S/C6H11N5/c1-3-5(4-2)7-6-8-10-11-9-6/h3H,4H2,1-2H3,(H2,7,8,9,10,11). The average molecular weight is 153 g/mol. The number of hydrogen-bond acceptors (Lipinski definition) is 4. The molecule has 0 saturated carbocycles. The van der Waals surface area contributed by atoms with E-state index >= 15 is 0 Å². The van der Waals surface area contributed by atoms with Crippen LogP contribution in [0.25, 0.3) is 0 Å². The van der Waals surface area contributed by atoms with Crippen LogP contribution in [0.15, 0.2) is 11.8 Å². The van der Waals surface area contributed by atoms with Crippen LogP contribution in [0.4, 0.5) is 5.95 Å². The molecule has 1 aromatic heterocycles. The maximum absolute atomic E-state index is 3.68. The maximum Gasteiger partial charge on any atom is 0.244 e. The highest BCUT2D eigenvalue weighted by Crippen LogP contribution is 2.02. The first-order chi connectivity index (χ1) is 5.36. The summed E-state index contributed by atoms with van der Waals surface area (Å²) in [5.74, 6) is 0.583. The lowest BCUT2D eigenvalue weighted by molar-refractivity contribution is 0.881. The van der Waals surface area contributed by atoms with Gasteiger partial charge in [-0.15, -0.1) is 0 Å². The fourth-order valence-corrected chi connectivity index (χ4v) is 0.729. The van der Waals surface area contributed by atoms with Crippen LogP contribution in [-0.4, -0.2) is 20.6 Å². The highest BCUT2D eigenvalue weighted by atomic mass is 15.5. The van der Waals surface area contributed by atoms with Crippen molar-refractivity contribution in [2.45, 2.75) is 20.3 Å². The van der Waals surface area contributed by atoms with Gasteiger partial charge in [0.25, 0.3) is 0 Å². The summed E-state index contributed by atoms with van der Waals surface area (Å²) in [6, 6.07) is 0. The number of nitrogens with zero attached hydrogens (tertiary/aromatic N) is 3. The second-order valence-corrected chi connectivity index (χ2v) is 2.04. The van der Waals surface area contributed by atoms with Crippen LogP contribution in [0.2, 0.25) is 0 Å². The Morgan fingerprint density at radius 2 is 2.55 bits per heavy atom. The topological polar surface area (TPSA) is 66.5 Å². The number of aromatic nitrogens is 4. The fourth-order valence-electron chi connectivity index (χ4n) is 0.729. The summed E-state index contributed by atoms with van der Waals surface area (Å²) < 4.78 is 0. The highest BCUT2D eigenvalue weighted by molar-refractivity contribution is 5.30. The Labute approximate surface area is 64.9 Å². The van der Waals surface area contributed by atoms with Crippen LogP contribution in [0, 0.1) is 0 Å². The zero-order chi connectivity index (χ0) is 8.10. The number of H-pyrrole nitrogens is 1. The predicted molar refractivity (Wildman–Crippen MR) is 41.8 cm³/mol. The van der Waals surface area contributed by atoms with E-state index in [0.29, 0.717) is 5.95 Å². The molecule has 2 N–H and O–H groups in total. The van der Waals surface area contributed by atoms with Gasteiger partial charge < -0.3 is 5.32 Å². The van der Waals surface area contributed by atoms with Crippen molar-refractivity contribution in [2.75, 3.05) is 5.32 Å². The number of nitrogens with one attached hydrogen (secondary N) is 2. The first kappa shape index (κ1) is 7.71. The lowest BCUT2D eigenvalue weighted by Gasteiger charge is -2.01. The van der Waals surface area contributed by atoms with Crippen LogP contribution in [0.3, 0.4) is 0 Å². The van der Waals surface area contributed by atoms with Crippen molar-refractivity contribution in [3.8, 4) is 0 Å². The van der Waals surface area contributed by atoms with Gasteiger partial charge in [0.1, 0.15) is 0 Å². The van der Waals surface area contributed by atoms with Gasteiger partial charge in [0.05, 0.1) is 0 Å². The van der Waals surface area contributed by atoms with Crippen molar-refractivity contribution in [3.63, 3.8) is 0 Å². The Morgan fingerprint density at radius 3 is 3.00 bits per heavy atom. The van der Waals surface area contributed by atoms with Crippen LogP contribution in [-0.2, 0) is 0 Å². The molecule has 0 aliphatic carbocycles. The van der Waals surface area contributed by atoms with Crippen molar-refractivity contribution < 1.29 is 0 Å². The van der Waals surface area contributed by atoms with E-state index in [9.17, 15) is 0 Å². The van der Waals surface area contributed by atoms with Gasteiger partial charge in [0.2, 0.25) is 5.95 Å². The number of tetrazole rings is 1. The molecule has 0 aromatic carbocycles. The number of rotatable bonds is 3. The Kier molecular flexibility index (Phi) is 2.59. The molecule has 0 saturated heterocycles. The molecule has 0 bridgehead atoms. The molecule has 0 amide bonds. The molecular formula is C6H11N5. The van der Waals surface area contributed by atoms with Gasteiger partial charge in [-0.25, -0.2) is 5.10 Å². The molecule has 1 rings (SSSR count). The Morgan fingerprint density at radius 1 is 1.73 bits per heavy atom. The van der Waals surface area contributed by atoms with Crippen molar-refractivity contribution in [2.24, 2.45) is 0 Å². The first-order valence-corrected chi connectivity index (χ1v) is 3.52. The molecule has 11 heavy (non-hydrogen) atoms. The molecule has 0 atom stereocenters. The fraction of sp³-hybridized carbons (Fsp3) is 0.500. The lowest BCUT2D eigenvalue weighted by atomic mass is 10.3. The van der Waals surface area contributed by atoms with Crippen molar-refractivity contribution in [3.05, 3.63) is 11.8 Å². The van der Waals surface area contributed by atoms with Crippen molar-refractivity contribution in [1.29, 1.82) is 0 Å². The number of anilines is 1.